The van der Waals surface area contributed by atoms with E-state index in [4.69, 9.17) is 4.99 Å². The quantitative estimate of drug-likeness (QED) is 0.327. The number of para-hydroxylation sites is 1. The number of aliphatic imine (C=N–C) groups is 1. The van der Waals surface area contributed by atoms with Gasteiger partial charge < -0.3 is 4.98 Å². The van der Waals surface area contributed by atoms with Gasteiger partial charge in [0.2, 0.25) is 0 Å². The lowest BCUT2D eigenvalue weighted by atomic mass is 9.83. The van der Waals surface area contributed by atoms with Crippen molar-refractivity contribution in [2.45, 2.75) is 98.8 Å². The van der Waals surface area contributed by atoms with Crippen LogP contribution in [-0.4, -0.2) is 11.2 Å². The normalized spacial score (nSPS) is 12.4. The van der Waals surface area contributed by atoms with E-state index >= 15 is 0 Å². The van der Waals surface area contributed by atoms with Crippen LogP contribution in [0, 0.1) is 0 Å². The molecule has 1 N–H and O–H groups in total. The van der Waals surface area contributed by atoms with Gasteiger partial charge >= 0.3 is 0 Å². The van der Waals surface area contributed by atoms with Crippen LogP contribution in [0.2, 0.25) is 0 Å². The smallest absolute Gasteiger partial charge is 0.0699 e. The number of nitrogens with one attached hydrogen (secondary N) is 1. The Morgan fingerprint density at radius 2 is 1.12 bits per heavy atom. The monoisotopic (exact) mass is 456 g/mol. The number of hydrogen-bond donors (Lipinski definition) is 1. The first-order valence-corrected chi connectivity index (χ1v) is 13.0. The summed E-state index contributed by atoms with van der Waals surface area (Å²) in [7, 11) is 0. The first-order chi connectivity index (χ1) is 16.0. The molecule has 1 aromatic heterocycles. The second-order valence-electron chi connectivity index (χ2n) is 11.2. The minimum atomic E-state index is 0.437. The Bertz CT molecular complexity index is 1080. The van der Waals surface area contributed by atoms with Crippen molar-refractivity contribution in [3.05, 3.63) is 76.0 Å². The molecule has 3 aromatic rings. The van der Waals surface area contributed by atoms with Crippen LogP contribution >= 0.6 is 0 Å². The zero-order valence-corrected chi connectivity index (χ0v) is 23.0. The number of rotatable bonds is 8. The third-order valence-electron chi connectivity index (χ3n) is 6.79. The highest BCUT2D eigenvalue weighted by Gasteiger charge is 2.19. The molecule has 0 bridgehead atoms. The number of hydrogen-bond acceptors (Lipinski definition) is 1. The van der Waals surface area contributed by atoms with E-state index in [-0.39, 0.29) is 0 Å². The minimum Gasteiger partial charge on any atom is -0.354 e. The van der Waals surface area contributed by atoms with E-state index in [0.29, 0.717) is 29.6 Å². The van der Waals surface area contributed by atoms with Gasteiger partial charge in [0.25, 0.3) is 0 Å². The summed E-state index contributed by atoms with van der Waals surface area (Å²) in [6.07, 6.45) is 2.00. The van der Waals surface area contributed by atoms with E-state index in [1.54, 1.807) is 0 Å². The van der Waals surface area contributed by atoms with Crippen molar-refractivity contribution in [2.24, 2.45) is 4.99 Å². The summed E-state index contributed by atoms with van der Waals surface area (Å²) < 4.78 is 0. The SMILES string of the molecule is CC(C)c1cc(C(C)C)c(-c2ccc(C=Nc3c(C(C)C)cccc3C(C)C)[nH]2)c(C(C)C)c1. The average molecular weight is 457 g/mol. The molecule has 0 saturated heterocycles. The molecule has 0 aliphatic carbocycles. The maximum atomic E-state index is 5.02. The van der Waals surface area contributed by atoms with Crippen LogP contribution in [-0.2, 0) is 0 Å². The number of benzene rings is 2. The second kappa shape index (κ2) is 10.8. The van der Waals surface area contributed by atoms with Crippen molar-refractivity contribution in [2.75, 3.05) is 0 Å². The Labute approximate surface area is 207 Å². The molecular weight excluding hydrogens is 412 g/mol. The van der Waals surface area contributed by atoms with Crippen LogP contribution < -0.4 is 0 Å². The van der Waals surface area contributed by atoms with Crippen LogP contribution in [0.5, 0.6) is 0 Å². The molecule has 2 nitrogen and oxygen atoms in total. The van der Waals surface area contributed by atoms with Crippen LogP contribution in [0.3, 0.4) is 0 Å². The Morgan fingerprint density at radius 3 is 1.56 bits per heavy atom. The molecule has 3 rings (SSSR count). The molecule has 0 radical (unpaired) electrons. The molecule has 182 valence electrons. The van der Waals surface area contributed by atoms with Gasteiger partial charge in [-0.3, -0.25) is 4.99 Å². The van der Waals surface area contributed by atoms with E-state index in [9.17, 15) is 0 Å². The van der Waals surface area contributed by atoms with Crippen LogP contribution in [0.1, 0.15) is 132 Å². The molecule has 0 saturated carbocycles. The number of aromatic amines is 1. The fourth-order valence-electron chi connectivity index (χ4n) is 4.69. The van der Waals surface area contributed by atoms with Crippen molar-refractivity contribution in [3.63, 3.8) is 0 Å². The van der Waals surface area contributed by atoms with Crippen molar-refractivity contribution >= 4 is 11.9 Å². The molecule has 2 aromatic carbocycles. The average Bonchev–Trinajstić information content (AvgIpc) is 3.24. The lowest BCUT2D eigenvalue weighted by Gasteiger charge is -2.22. The molecule has 0 aliphatic heterocycles. The van der Waals surface area contributed by atoms with Crippen molar-refractivity contribution in [3.8, 4) is 11.3 Å². The first-order valence-electron chi connectivity index (χ1n) is 13.0. The van der Waals surface area contributed by atoms with Gasteiger partial charge in [0.1, 0.15) is 0 Å². The maximum absolute atomic E-state index is 5.02. The molecule has 0 spiro atoms. The van der Waals surface area contributed by atoms with Gasteiger partial charge in [-0.25, -0.2) is 0 Å². The topological polar surface area (TPSA) is 28.1 Å². The number of H-pyrrole nitrogens is 1. The van der Waals surface area contributed by atoms with Gasteiger partial charge in [-0.15, -0.1) is 0 Å². The maximum Gasteiger partial charge on any atom is 0.0699 e. The summed E-state index contributed by atoms with van der Waals surface area (Å²) >= 11 is 0. The molecule has 0 aliphatic rings. The van der Waals surface area contributed by atoms with Gasteiger partial charge in [-0.1, -0.05) is 99.6 Å². The van der Waals surface area contributed by atoms with E-state index < -0.39 is 0 Å². The van der Waals surface area contributed by atoms with Crippen molar-refractivity contribution in [1.29, 1.82) is 0 Å². The van der Waals surface area contributed by atoms with Crippen LogP contribution in [0.4, 0.5) is 5.69 Å². The molecule has 34 heavy (non-hydrogen) atoms. The standard InChI is InChI=1S/C32H44N2/c1-19(2)24-16-28(22(7)8)31(29(17-24)23(9)10)30-15-14-25(34-30)18-33-32-26(20(3)4)12-11-13-27(32)21(5)6/h11-23,34H,1-10H3. The van der Waals surface area contributed by atoms with E-state index in [0.717, 1.165) is 11.4 Å². The Hall–Kier alpha value is -2.61. The van der Waals surface area contributed by atoms with Gasteiger partial charge in [0.05, 0.1) is 17.6 Å². The van der Waals surface area contributed by atoms with Crippen LogP contribution in [0.25, 0.3) is 11.3 Å². The summed E-state index contributed by atoms with van der Waals surface area (Å²) in [4.78, 5) is 8.71. The third kappa shape index (κ3) is 5.54. The molecule has 1 heterocycles. The fraction of sp³-hybridized carbons (Fsp3) is 0.469. The van der Waals surface area contributed by atoms with Gasteiger partial charge in [-0.2, -0.15) is 0 Å². The van der Waals surface area contributed by atoms with E-state index in [2.05, 4.69) is 117 Å². The lowest BCUT2D eigenvalue weighted by molar-refractivity contribution is 0.806. The molecular formula is C32H44N2. The predicted molar refractivity (Wildman–Crippen MR) is 150 cm³/mol. The summed E-state index contributed by atoms with van der Waals surface area (Å²) in [5.74, 6) is 2.31. The third-order valence-corrected chi connectivity index (χ3v) is 6.79. The zero-order chi connectivity index (χ0) is 25.2. The Balaban J connectivity index is 2.09. The summed E-state index contributed by atoms with van der Waals surface area (Å²) in [5.41, 5.74) is 11.6. The lowest BCUT2D eigenvalue weighted by Crippen LogP contribution is -2.04. The molecule has 0 amide bonds. The largest absolute Gasteiger partial charge is 0.354 e. The van der Waals surface area contributed by atoms with Crippen LogP contribution in [0.15, 0.2) is 47.5 Å². The van der Waals surface area contributed by atoms with E-state index in [1.807, 2.05) is 6.21 Å². The van der Waals surface area contributed by atoms with Gasteiger partial charge in [-0.05, 0) is 69.5 Å². The second-order valence-corrected chi connectivity index (χ2v) is 11.2. The number of nitrogens with zero attached hydrogens (tertiary/aromatic N) is 1. The molecule has 0 atom stereocenters. The number of aromatic nitrogens is 1. The summed E-state index contributed by atoms with van der Waals surface area (Å²) in [6, 6.07) is 15.8. The highest BCUT2D eigenvalue weighted by atomic mass is 14.8. The Morgan fingerprint density at radius 1 is 0.618 bits per heavy atom. The van der Waals surface area contributed by atoms with Gasteiger partial charge in [0, 0.05) is 11.3 Å². The summed E-state index contributed by atoms with van der Waals surface area (Å²) in [6.45, 7) is 22.7. The molecule has 2 heteroatoms. The minimum absolute atomic E-state index is 0.437. The Kier molecular flexibility index (Phi) is 8.23. The zero-order valence-electron chi connectivity index (χ0n) is 23.0. The molecule has 0 unspecified atom stereocenters. The first kappa shape index (κ1) is 26.0. The van der Waals surface area contributed by atoms with Crippen molar-refractivity contribution in [1.82, 2.24) is 4.98 Å². The molecule has 0 fully saturated rings. The highest BCUT2D eigenvalue weighted by Crippen LogP contribution is 2.39. The highest BCUT2D eigenvalue weighted by molar-refractivity contribution is 5.83. The van der Waals surface area contributed by atoms with Crippen molar-refractivity contribution < 1.29 is 0 Å². The summed E-state index contributed by atoms with van der Waals surface area (Å²) in [5, 5.41) is 0. The van der Waals surface area contributed by atoms with Gasteiger partial charge in [0.15, 0.2) is 0 Å². The van der Waals surface area contributed by atoms with E-state index in [1.165, 1.54) is 39.1 Å². The predicted octanol–water partition coefficient (Wildman–Crippen LogP) is 10.0. The fourth-order valence-corrected chi connectivity index (χ4v) is 4.69.